The van der Waals surface area contributed by atoms with E-state index in [2.05, 4.69) is 11.7 Å². The molecule has 0 aliphatic heterocycles. The highest BCUT2D eigenvalue weighted by Crippen LogP contribution is 2.16. The summed E-state index contributed by atoms with van der Waals surface area (Å²) in [5.74, 6) is 0. The van der Waals surface area contributed by atoms with Crippen LogP contribution in [0.3, 0.4) is 0 Å². The second-order valence-electron chi connectivity index (χ2n) is 2.76. The molecule has 1 rings (SSSR count). The van der Waals surface area contributed by atoms with Crippen molar-refractivity contribution in [2.24, 2.45) is 7.05 Å². The van der Waals surface area contributed by atoms with E-state index in [9.17, 15) is 5.11 Å². The lowest BCUT2D eigenvalue weighted by Gasteiger charge is -2.08. The number of aromatic nitrogens is 2. The first-order valence-corrected chi connectivity index (χ1v) is 4.02. The average Bonchev–Trinajstić information content (AvgIpc) is 2.47. The fraction of sp³-hybridized carbons (Fsp3) is 0.444. The van der Waals surface area contributed by atoms with Crippen molar-refractivity contribution < 1.29 is 5.11 Å². The van der Waals surface area contributed by atoms with Crippen molar-refractivity contribution in [2.45, 2.75) is 18.9 Å². The fourth-order valence-corrected chi connectivity index (χ4v) is 1.13. The Hall–Kier alpha value is -1.09. The van der Waals surface area contributed by atoms with Crippen molar-refractivity contribution in [1.29, 1.82) is 0 Å². The summed E-state index contributed by atoms with van der Waals surface area (Å²) in [6.45, 7) is 3.60. The lowest BCUT2D eigenvalue weighted by Crippen LogP contribution is -2.04. The number of hydrogen-bond acceptors (Lipinski definition) is 2. The molecule has 3 nitrogen and oxygen atoms in total. The van der Waals surface area contributed by atoms with Gasteiger partial charge in [0.25, 0.3) is 0 Å². The maximum Gasteiger partial charge on any atom is 0.0959 e. The van der Waals surface area contributed by atoms with Crippen LogP contribution in [0.1, 0.15) is 24.6 Å². The van der Waals surface area contributed by atoms with Crippen molar-refractivity contribution in [3.05, 3.63) is 30.6 Å². The van der Waals surface area contributed by atoms with E-state index >= 15 is 0 Å². The monoisotopic (exact) mass is 166 g/mol. The number of nitrogens with zero attached hydrogens (tertiary/aromatic N) is 2. The van der Waals surface area contributed by atoms with Gasteiger partial charge < -0.3 is 5.11 Å². The lowest BCUT2D eigenvalue weighted by molar-refractivity contribution is 0.159. The van der Waals surface area contributed by atoms with Crippen LogP contribution in [0.5, 0.6) is 0 Å². The van der Waals surface area contributed by atoms with Crippen LogP contribution in [0.15, 0.2) is 24.9 Å². The summed E-state index contributed by atoms with van der Waals surface area (Å²) in [6.07, 6.45) is 4.61. The molecule has 12 heavy (non-hydrogen) atoms. The van der Waals surface area contributed by atoms with E-state index in [1.807, 2.05) is 13.1 Å². The molecule has 1 atom stereocenters. The molecule has 1 aromatic heterocycles. The summed E-state index contributed by atoms with van der Waals surface area (Å²) in [6, 6.07) is 1.83. The SMILES string of the molecule is C=CCCC(O)c1ccnn1C. The van der Waals surface area contributed by atoms with Gasteiger partial charge in [-0.1, -0.05) is 6.08 Å². The zero-order valence-electron chi connectivity index (χ0n) is 7.27. The normalized spacial score (nSPS) is 12.8. The Kier molecular flexibility index (Phi) is 3.05. The first kappa shape index (κ1) is 9.00. The minimum atomic E-state index is -0.421. The van der Waals surface area contributed by atoms with Gasteiger partial charge in [-0.05, 0) is 18.9 Å². The Morgan fingerprint density at radius 2 is 2.58 bits per heavy atom. The van der Waals surface area contributed by atoms with E-state index in [-0.39, 0.29) is 0 Å². The smallest absolute Gasteiger partial charge is 0.0959 e. The largest absolute Gasteiger partial charge is 0.387 e. The average molecular weight is 166 g/mol. The molecule has 0 spiro atoms. The molecule has 1 unspecified atom stereocenters. The molecule has 3 heteroatoms. The fourth-order valence-electron chi connectivity index (χ4n) is 1.13. The van der Waals surface area contributed by atoms with E-state index in [0.717, 1.165) is 12.1 Å². The van der Waals surface area contributed by atoms with E-state index < -0.39 is 6.10 Å². The number of hydrogen-bond donors (Lipinski definition) is 1. The maximum absolute atomic E-state index is 9.61. The van der Waals surface area contributed by atoms with Crippen LogP contribution in [0.4, 0.5) is 0 Å². The summed E-state index contributed by atoms with van der Waals surface area (Å²) in [7, 11) is 1.83. The minimum Gasteiger partial charge on any atom is -0.387 e. The van der Waals surface area contributed by atoms with Crippen LogP contribution in [-0.4, -0.2) is 14.9 Å². The van der Waals surface area contributed by atoms with Crippen molar-refractivity contribution in [3.8, 4) is 0 Å². The van der Waals surface area contributed by atoms with Gasteiger partial charge >= 0.3 is 0 Å². The van der Waals surface area contributed by atoms with E-state index in [1.165, 1.54) is 0 Å². The van der Waals surface area contributed by atoms with Crippen molar-refractivity contribution >= 4 is 0 Å². The zero-order valence-corrected chi connectivity index (χ0v) is 7.27. The summed E-state index contributed by atoms with van der Waals surface area (Å²) in [4.78, 5) is 0. The molecule has 0 aromatic carbocycles. The number of aryl methyl sites for hydroxylation is 1. The van der Waals surface area contributed by atoms with E-state index in [1.54, 1.807) is 17.0 Å². The van der Waals surface area contributed by atoms with Gasteiger partial charge in [0.05, 0.1) is 11.8 Å². The third kappa shape index (κ3) is 1.95. The molecule has 1 aromatic rings. The molecule has 0 radical (unpaired) electrons. The predicted molar refractivity (Wildman–Crippen MR) is 47.6 cm³/mol. The first-order valence-electron chi connectivity index (χ1n) is 4.02. The standard InChI is InChI=1S/C9H14N2O/c1-3-4-5-9(12)8-6-7-10-11(8)2/h3,6-7,9,12H,1,4-5H2,2H3. The highest BCUT2D eigenvalue weighted by molar-refractivity contribution is 5.03. The third-order valence-electron chi connectivity index (χ3n) is 1.84. The number of aliphatic hydroxyl groups excluding tert-OH is 1. The molecule has 0 fully saturated rings. The Balaban J connectivity index is 2.58. The Labute approximate surface area is 72.3 Å². The number of allylic oxidation sites excluding steroid dienone is 1. The quantitative estimate of drug-likeness (QED) is 0.687. The van der Waals surface area contributed by atoms with Crippen molar-refractivity contribution in [3.63, 3.8) is 0 Å². The summed E-state index contributed by atoms with van der Waals surface area (Å²) in [5.41, 5.74) is 0.858. The number of aliphatic hydroxyl groups is 1. The van der Waals surface area contributed by atoms with Crippen LogP contribution in [0, 0.1) is 0 Å². The molecule has 0 bridgehead atoms. The summed E-state index contributed by atoms with van der Waals surface area (Å²) >= 11 is 0. The van der Waals surface area contributed by atoms with Crippen molar-refractivity contribution in [2.75, 3.05) is 0 Å². The number of rotatable bonds is 4. The second-order valence-corrected chi connectivity index (χ2v) is 2.76. The highest BCUT2D eigenvalue weighted by atomic mass is 16.3. The van der Waals surface area contributed by atoms with Crippen LogP contribution in [0.25, 0.3) is 0 Å². The van der Waals surface area contributed by atoms with Crippen LogP contribution >= 0.6 is 0 Å². The molecule has 66 valence electrons. The van der Waals surface area contributed by atoms with Gasteiger partial charge in [-0.25, -0.2) is 0 Å². The van der Waals surface area contributed by atoms with Gasteiger partial charge in [-0.3, -0.25) is 4.68 Å². The van der Waals surface area contributed by atoms with Crippen LogP contribution in [0.2, 0.25) is 0 Å². The predicted octanol–water partition coefficient (Wildman–Crippen LogP) is 1.42. The van der Waals surface area contributed by atoms with Gasteiger partial charge in [0.2, 0.25) is 0 Å². The van der Waals surface area contributed by atoms with Gasteiger partial charge in [-0.2, -0.15) is 5.10 Å². The van der Waals surface area contributed by atoms with E-state index in [0.29, 0.717) is 6.42 Å². The van der Waals surface area contributed by atoms with Gasteiger partial charge in [0.15, 0.2) is 0 Å². The van der Waals surface area contributed by atoms with Gasteiger partial charge in [0.1, 0.15) is 0 Å². The Bertz CT molecular complexity index is 255. The molecular formula is C9H14N2O. The van der Waals surface area contributed by atoms with E-state index in [4.69, 9.17) is 0 Å². The van der Waals surface area contributed by atoms with Gasteiger partial charge in [0, 0.05) is 13.2 Å². The molecule has 1 N–H and O–H groups in total. The lowest BCUT2D eigenvalue weighted by atomic mass is 10.1. The highest BCUT2D eigenvalue weighted by Gasteiger charge is 2.09. The molecule has 0 aliphatic rings. The Morgan fingerprint density at radius 3 is 3.08 bits per heavy atom. The van der Waals surface area contributed by atoms with Crippen molar-refractivity contribution in [1.82, 2.24) is 9.78 Å². The maximum atomic E-state index is 9.61. The molecule has 0 saturated carbocycles. The molecule has 0 aliphatic carbocycles. The van der Waals surface area contributed by atoms with Crippen LogP contribution in [-0.2, 0) is 7.05 Å². The molecule has 0 saturated heterocycles. The molecular weight excluding hydrogens is 152 g/mol. The Morgan fingerprint density at radius 1 is 1.83 bits per heavy atom. The second kappa shape index (κ2) is 4.07. The van der Waals surface area contributed by atoms with Gasteiger partial charge in [-0.15, -0.1) is 6.58 Å². The van der Waals surface area contributed by atoms with Crippen LogP contribution < -0.4 is 0 Å². The molecule has 1 heterocycles. The topological polar surface area (TPSA) is 38.1 Å². The summed E-state index contributed by atoms with van der Waals surface area (Å²) in [5, 5.41) is 13.6. The zero-order chi connectivity index (χ0) is 8.97. The molecule has 0 amide bonds. The minimum absolute atomic E-state index is 0.421. The summed E-state index contributed by atoms with van der Waals surface area (Å²) < 4.78 is 1.69. The first-order chi connectivity index (χ1) is 5.75. The third-order valence-corrected chi connectivity index (χ3v) is 1.84.